The number of rotatable bonds is 6. The third-order valence-corrected chi connectivity index (χ3v) is 3.70. The van der Waals surface area contributed by atoms with Crippen LogP contribution in [0.15, 0.2) is 30.3 Å². The molecule has 1 aromatic carbocycles. The van der Waals surface area contributed by atoms with E-state index >= 15 is 0 Å². The molecule has 1 amide bonds. The second kappa shape index (κ2) is 7.43. The number of hydrogen-bond donors (Lipinski definition) is 3. The van der Waals surface area contributed by atoms with Gasteiger partial charge in [-0.2, -0.15) is 0 Å². The van der Waals surface area contributed by atoms with Gasteiger partial charge in [-0.25, -0.2) is 4.79 Å². The van der Waals surface area contributed by atoms with Crippen LogP contribution in [0.4, 0.5) is 4.79 Å². The number of carbonyl (C=O) groups is 1. The van der Waals surface area contributed by atoms with Gasteiger partial charge in [-0.1, -0.05) is 44.2 Å². The Morgan fingerprint density at radius 2 is 1.81 bits per heavy atom. The fraction of sp³-hybridized carbons (Fsp3) is 0.562. The minimum absolute atomic E-state index is 0.112. The van der Waals surface area contributed by atoms with Crippen molar-refractivity contribution in [3.05, 3.63) is 35.9 Å². The van der Waals surface area contributed by atoms with E-state index < -0.39 is 23.8 Å². The normalized spacial score (nSPS) is 16.9. The summed E-state index contributed by atoms with van der Waals surface area (Å²) >= 11 is 0. The topological polar surface area (TPSA) is 78.8 Å². The number of hydrogen-bond acceptors (Lipinski definition) is 4. The lowest BCUT2D eigenvalue weighted by Gasteiger charge is -2.39. The van der Waals surface area contributed by atoms with E-state index in [4.69, 9.17) is 4.74 Å². The van der Waals surface area contributed by atoms with Crippen molar-refractivity contribution in [2.45, 2.75) is 52.0 Å². The molecular formula is C16H25NO4. The van der Waals surface area contributed by atoms with E-state index in [0.29, 0.717) is 0 Å². The van der Waals surface area contributed by atoms with Crippen LogP contribution in [-0.4, -0.2) is 34.1 Å². The molecule has 5 heteroatoms. The van der Waals surface area contributed by atoms with E-state index in [0.717, 1.165) is 5.56 Å². The lowest BCUT2D eigenvalue weighted by Crippen LogP contribution is -2.62. The average molecular weight is 295 g/mol. The maximum Gasteiger partial charge on any atom is 0.408 e. The third kappa shape index (κ3) is 4.72. The van der Waals surface area contributed by atoms with Crippen LogP contribution in [0.1, 0.15) is 33.3 Å². The maximum absolute atomic E-state index is 11.9. The Labute approximate surface area is 125 Å². The molecule has 0 aliphatic rings. The molecule has 5 nitrogen and oxygen atoms in total. The molecule has 21 heavy (non-hydrogen) atoms. The van der Waals surface area contributed by atoms with Gasteiger partial charge in [0.1, 0.15) is 6.61 Å². The number of nitrogens with one attached hydrogen (secondary N) is 1. The highest BCUT2D eigenvalue weighted by molar-refractivity contribution is 5.68. The Morgan fingerprint density at radius 1 is 1.24 bits per heavy atom. The van der Waals surface area contributed by atoms with Gasteiger partial charge in [0.25, 0.3) is 0 Å². The Balaban J connectivity index is 2.65. The van der Waals surface area contributed by atoms with Crippen LogP contribution in [0.5, 0.6) is 0 Å². The van der Waals surface area contributed by atoms with Gasteiger partial charge in [0.2, 0.25) is 0 Å². The molecular weight excluding hydrogens is 270 g/mol. The summed E-state index contributed by atoms with van der Waals surface area (Å²) in [5.41, 5.74) is -0.294. The molecule has 0 bridgehead atoms. The van der Waals surface area contributed by atoms with Crippen LogP contribution in [0.2, 0.25) is 0 Å². The zero-order valence-electron chi connectivity index (χ0n) is 13.0. The maximum atomic E-state index is 11.9. The van der Waals surface area contributed by atoms with Crippen LogP contribution < -0.4 is 5.32 Å². The van der Waals surface area contributed by atoms with Crippen molar-refractivity contribution in [1.82, 2.24) is 5.32 Å². The number of aliphatic hydroxyl groups is 2. The summed E-state index contributed by atoms with van der Waals surface area (Å²) in [5.74, 6) is -0.112. The van der Waals surface area contributed by atoms with E-state index in [9.17, 15) is 15.0 Å². The molecule has 0 spiro atoms. The fourth-order valence-corrected chi connectivity index (χ4v) is 2.10. The Bertz CT molecular complexity index is 447. The summed E-state index contributed by atoms with van der Waals surface area (Å²) in [4.78, 5) is 11.9. The summed E-state index contributed by atoms with van der Waals surface area (Å²) in [6, 6.07) is 9.30. The number of benzene rings is 1. The predicted molar refractivity (Wildman–Crippen MR) is 80.7 cm³/mol. The number of alkyl carbamates (subject to hydrolysis) is 1. The van der Waals surface area contributed by atoms with E-state index in [1.54, 1.807) is 6.92 Å². The van der Waals surface area contributed by atoms with Gasteiger partial charge in [-0.3, -0.25) is 0 Å². The summed E-state index contributed by atoms with van der Waals surface area (Å²) in [7, 11) is 0. The van der Waals surface area contributed by atoms with Crippen molar-refractivity contribution in [2.24, 2.45) is 5.92 Å². The monoisotopic (exact) mass is 295 g/mol. The van der Waals surface area contributed by atoms with E-state index in [2.05, 4.69) is 5.32 Å². The Morgan fingerprint density at radius 3 is 2.29 bits per heavy atom. The van der Waals surface area contributed by atoms with Crippen LogP contribution >= 0.6 is 0 Å². The van der Waals surface area contributed by atoms with Gasteiger partial charge in [0, 0.05) is 0 Å². The van der Waals surface area contributed by atoms with E-state index in [1.807, 2.05) is 44.2 Å². The van der Waals surface area contributed by atoms with Crippen LogP contribution in [0.3, 0.4) is 0 Å². The molecule has 3 atom stereocenters. The van der Waals surface area contributed by atoms with Crippen molar-refractivity contribution < 1.29 is 19.7 Å². The minimum Gasteiger partial charge on any atom is -0.445 e. The molecule has 0 fully saturated rings. The summed E-state index contributed by atoms with van der Waals surface area (Å²) in [5, 5.41) is 22.7. The highest BCUT2D eigenvalue weighted by Crippen LogP contribution is 2.22. The highest BCUT2D eigenvalue weighted by Gasteiger charge is 2.41. The minimum atomic E-state index is -1.16. The first-order chi connectivity index (χ1) is 9.77. The molecule has 1 rings (SSSR count). The molecule has 0 heterocycles. The molecule has 118 valence electrons. The number of amides is 1. The number of ether oxygens (including phenoxy) is 1. The molecule has 0 aliphatic carbocycles. The van der Waals surface area contributed by atoms with Crippen LogP contribution in [0, 0.1) is 5.92 Å². The predicted octanol–water partition coefficient (Wildman–Crippen LogP) is 2.07. The van der Waals surface area contributed by atoms with Crippen molar-refractivity contribution in [1.29, 1.82) is 0 Å². The standard InChI is InChI=1S/C16H25NO4/c1-11(2)14(19)16(4,12(3)18)17-15(20)21-10-13-8-6-5-7-9-13/h5-9,11-12,14,18-19H,10H2,1-4H3,(H,17,20)/t12-,14-,16+/m1/s1. The van der Waals surface area contributed by atoms with Gasteiger partial charge in [0.15, 0.2) is 0 Å². The summed E-state index contributed by atoms with van der Waals surface area (Å²) in [6.07, 6.45) is -2.47. The molecule has 0 radical (unpaired) electrons. The lowest BCUT2D eigenvalue weighted by molar-refractivity contribution is -0.0356. The molecule has 0 unspecified atom stereocenters. The molecule has 3 N–H and O–H groups in total. The van der Waals surface area contributed by atoms with Gasteiger partial charge in [-0.05, 0) is 25.3 Å². The lowest BCUT2D eigenvalue weighted by atomic mass is 9.83. The Hall–Kier alpha value is -1.59. The molecule has 0 saturated carbocycles. The summed E-state index contributed by atoms with van der Waals surface area (Å²) < 4.78 is 5.13. The van der Waals surface area contributed by atoms with Crippen molar-refractivity contribution in [3.63, 3.8) is 0 Å². The van der Waals surface area contributed by atoms with Gasteiger partial charge < -0.3 is 20.3 Å². The third-order valence-electron chi connectivity index (χ3n) is 3.70. The quantitative estimate of drug-likeness (QED) is 0.750. The van der Waals surface area contributed by atoms with Crippen LogP contribution in [-0.2, 0) is 11.3 Å². The molecule has 0 aliphatic heterocycles. The van der Waals surface area contributed by atoms with E-state index in [1.165, 1.54) is 6.92 Å². The van der Waals surface area contributed by atoms with Gasteiger partial charge in [-0.15, -0.1) is 0 Å². The second-order valence-corrected chi connectivity index (χ2v) is 5.83. The zero-order chi connectivity index (χ0) is 16.0. The highest BCUT2D eigenvalue weighted by atomic mass is 16.5. The second-order valence-electron chi connectivity index (χ2n) is 5.83. The SMILES string of the molecule is CC(C)[C@@H](O)[C@@](C)(NC(=O)OCc1ccccc1)[C@@H](C)O. The van der Waals surface area contributed by atoms with Crippen molar-refractivity contribution in [2.75, 3.05) is 0 Å². The van der Waals surface area contributed by atoms with Gasteiger partial charge in [0.05, 0.1) is 17.7 Å². The summed E-state index contributed by atoms with van der Waals surface area (Å²) in [6.45, 7) is 6.92. The first kappa shape index (κ1) is 17.5. The van der Waals surface area contributed by atoms with Crippen LogP contribution in [0.25, 0.3) is 0 Å². The molecule has 0 saturated heterocycles. The Kier molecular flexibility index (Phi) is 6.18. The number of aliphatic hydroxyl groups excluding tert-OH is 2. The van der Waals surface area contributed by atoms with Crippen molar-refractivity contribution in [3.8, 4) is 0 Å². The van der Waals surface area contributed by atoms with Crippen molar-refractivity contribution >= 4 is 6.09 Å². The fourth-order valence-electron chi connectivity index (χ4n) is 2.10. The zero-order valence-corrected chi connectivity index (χ0v) is 13.0. The smallest absolute Gasteiger partial charge is 0.408 e. The molecule has 1 aromatic rings. The average Bonchev–Trinajstić information content (AvgIpc) is 2.45. The van der Waals surface area contributed by atoms with E-state index in [-0.39, 0.29) is 12.5 Å². The first-order valence-corrected chi connectivity index (χ1v) is 7.12. The first-order valence-electron chi connectivity index (χ1n) is 7.12. The van der Waals surface area contributed by atoms with Gasteiger partial charge >= 0.3 is 6.09 Å². The molecule has 0 aromatic heterocycles. The number of carbonyl (C=O) groups excluding carboxylic acids is 1. The largest absolute Gasteiger partial charge is 0.445 e.